The van der Waals surface area contributed by atoms with Crippen LogP contribution in [0.2, 0.25) is 0 Å². The number of pyridine rings is 1. The van der Waals surface area contributed by atoms with E-state index in [1.165, 1.54) is 6.07 Å². The number of para-hydroxylation sites is 1. The van der Waals surface area contributed by atoms with E-state index in [1.54, 1.807) is 6.07 Å². The van der Waals surface area contributed by atoms with Crippen molar-refractivity contribution in [1.29, 1.82) is 0 Å². The third-order valence-corrected chi connectivity index (χ3v) is 5.11. The number of aromatic amines is 1. The van der Waals surface area contributed by atoms with Gasteiger partial charge in [0.2, 0.25) is 0 Å². The van der Waals surface area contributed by atoms with Gasteiger partial charge in [-0.2, -0.15) is 0 Å². The molecule has 0 aliphatic carbocycles. The van der Waals surface area contributed by atoms with Crippen molar-refractivity contribution in [3.05, 3.63) is 46.2 Å². The van der Waals surface area contributed by atoms with E-state index < -0.39 is 0 Å². The summed E-state index contributed by atoms with van der Waals surface area (Å²) in [7, 11) is 0. The van der Waals surface area contributed by atoms with Crippen LogP contribution in [0.15, 0.2) is 35.1 Å². The molecule has 1 aromatic carbocycles. The Balaban J connectivity index is 1.57. The molecular weight excluding hydrogens is 292 g/mol. The number of hydrogen-bond acceptors (Lipinski definition) is 3. The van der Waals surface area contributed by atoms with Crippen LogP contribution in [0, 0.1) is 0 Å². The summed E-state index contributed by atoms with van der Waals surface area (Å²) in [5.41, 5.74) is 0.955. The van der Waals surface area contributed by atoms with Crippen molar-refractivity contribution in [3.63, 3.8) is 0 Å². The highest BCUT2D eigenvalue weighted by atomic mass is 16.5. The summed E-state index contributed by atoms with van der Waals surface area (Å²) in [5, 5.41) is 0.612. The maximum atomic E-state index is 12.7. The zero-order chi connectivity index (χ0) is 15.9. The number of carbonyl (C=O) groups excluding carboxylic acids is 1. The van der Waals surface area contributed by atoms with Crippen LogP contribution in [-0.4, -0.2) is 41.1 Å². The summed E-state index contributed by atoms with van der Waals surface area (Å²) in [6.07, 6.45) is 3.99. The number of carbonyl (C=O) groups is 1. The van der Waals surface area contributed by atoms with Crippen LogP contribution in [0.25, 0.3) is 10.9 Å². The van der Waals surface area contributed by atoms with Gasteiger partial charge in [0.15, 0.2) is 5.43 Å². The Morgan fingerprint density at radius 1 is 1.17 bits per heavy atom. The topological polar surface area (TPSA) is 62.4 Å². The van der Waals surface area contributed by atoms with Crippen molar-refractivity contribution in [1.82, 2.24) is 9.88 Å². The van der Waals surface area contributed by atoms with E-state index in [0.717, 1.165) is 32.3 Å². The van der Waals surface area contributed by atoms with Crippen LogP contribution in [-0.2, 0) is 4.74 Å². The molecule has 2 saturated heterocycles. The summed E-state index contributed by atoms with van der Waals surface area (Å²) < 4.78 is 5.90. The normalized spacial score (nSPS) is 20.3. The first-order valence-corrected chi connectivity index (χ1v) is 8.22. The summed E-state index contributed by atoms with van der Waals surface area (Å²) in [4.78, 5) is 29.8. The second-order valence-electron chi connectivity index (χ2n) is 6.52. The number of hydrogen-bond donors (Lipinski definition) is 1. The Morgan fingerprint density at radius 3 is 2.70 bits per heavy atom. The molecular formula is C18H20N2O3. The maximum absolute atomic E-state index is 12.7. The number of likely N-dealkylation sites (tertiary alicyclic amines) is 1. The van der Waals surface area contributed by atoms with E-state index >= 15 is 0 Å². The largest absolute Gasteiger partial charge is 0.375 e. The average molecular weight is 312 g/mol. The summed E-state index contributed by atoms with van der Waals surface area (Å²) in [6.45, 7) is 2.22. The number of rotatable bonds is 1. The van der Waals surface area contributed by atoms with Gasteiger partial charge in [-0.15, -0.1) is 0 Å². The van der Waals surface area contributed by atoms with E-state index in [9.17, 15) is 9.59 Å². The second-order valence-corrected chi connectivity index (χ2v) is 6.52. The molecule has 2 aliphatic rings. The number of nitrogens with zero attached hydrogens (tertiary/aromatic N) is 1. The van der Waals surface area contributed by atoms with Gasteiger partial charge in [0.05, 0.1) is 5.60 Å². The zero-order valence-corrected chi connectivity index (χ0v) is 13.0. The van der Waals surface area contributed by atoms with Gasteiger partial charge in [0.25, 0.3) is 5.91 Å². The molecule has 0 radical (unpaired) electrons. The number of amides is 1. The molecule has 0 saturated carbocycles. The molecule has 2 fully saturated rings. The SMILES string of the molecule is O=C(c1cc(=O)c2ccccc2[nH]1)N1CCC2(CCCO2)CC1. The predicted molar refractivity (Wildman–Crippen MR) is 87.6 cm³/mol. The maximum Gasteiger partial charge on any atom is 0.270 e. The minimum Gasteiger partial charge on any atom is -0.375 e. The summed E-state index contributed by atoms with van der Waals surface area (Å²) in [5.74, 6) is -0.0966. The van der Waals surface area contributed by atoms with Gasteiger partial charge in [-0.25, -0.2) is 0 Å². The fourth-order valence-electron chi connectivity index (χ4n) is 3.75. The lowest BCUT2D eigenvalue weighted by Crippen LogP contribution is -2.46. The van der Waals surface area contributed by atoms with E-state index in [2.05, 4.69) is 4.98 Å². The second kappa shape index (κ2) is 5.49. The van der Waals surface area contributed by atoms with Gasteiger partial charge in [-0.05, 0) is 37.8 Å². The van der Waals surface area contributed by atoms with Crippen LogP contribution in [0.3, 0.4) is 0 Å². The molecule has 2 aliphatic heterocycles. The lowest BCUT2D eigenvalue weighted by Gasteiger charge is -2.38. The molecule has 1 spiro atoms. The molecule has 0 unspecified atom stereocenters. The lowest BCUT2D eigenvalue weighted by atomic mass is 9.88. The third kappa shape index (κ3) is 2.55. The first-order valence-electron chi connectivity index (χ1n) is 8.22. The van der Waals surface area contributed by atoms with E-state index in [0.29, 0.717) is 29.7 Å². The molecule has 120 valence electrons. The van der Waals surface area contributed by atoms with Crippen molar-refractivity contribution < 1.29 is 9.53 Å². The molecule has 1 amide bonds. The molecule has 1 aromatic heterocycles. The number of H-pyrrole nitrogens is 1. The quantitative estimate of drug-likeness (QED) is 0.879. The van der Waals surface area contributed by atoms with Crippen molar-refractivity contribution in [2.45, 2.75) is 31.3 Å². The zero-order valence-electron chi connectivity index (χ0n) is 13.0. The number of fused-ring (bicyclic) bond motifs is 1. The molecule has 23 heavy (non-hydrogen) atoms. The smallest absolute Gasteiger partial charge is 0.270 e. The first kappa shape index (κ1) is 14.5. The van der Waals surface area contributed by atoms with Crippen LogP contribution >= 0.6 is 0 Å². The number of ether oxygens (including phenoxy) is 1. The fourth-order valence-corrected chi connectivity index (χ4v) is 3.75. The molecule has 5 nitrogen and oxygen atoms in total. The first-order chi connectivity index (χ1) is 11.2. The standard InChI is InChI=1S/C18H20N2O3/c21-16-12-15(19-14-5-2-1-4-13(14)16)17(22)20-9-7-18(8-10-20)6-3-11-23-18/h1-2,4-5,12H,3,6-11H2,(H,19,21). The highest BCUT2D eigenvalue weighted by Gasteiger charge is 2.39. The van der Waals surface area contributed by atoms with E-state index in [1.807, 2.05) is 23.1 Å². The van der Waals surface area contributed by atoms with Gasteiger partial charge >= 0.3 is 0 Å². The van der Waals surface area contributed by atoms with Crippen LogP contribution in [0.5, 0.6) is 0 Å². The molecule has 0 atom stereocenters. The van der Waals surface area contributed by atoms with Gasteiger partial charge in [-0.3, -0.25) is 9.59 Å². The summed E-state index contributed by atoms with van der Waals surface area (Å²) >= 11 is 0. The van der Waals surface area contributed by atoms with Crippen LogP contribution < -0.4 is 5.43 Å². The van der Waals surface area contributed by atoms with Crippen molar-refractivity contribution in [3.8, 4) is 0 Å². The highest BCUT2D eigenvalue weighted by Crippen LogP contribution is 2.35. The van der Waals surface area contributed by atoms with Gasteiger partial charge in [0, 0.05) is 36.7 Å². The van der Waals surface area contributed by atoms with Crippen LogP contribution in [0.1, 0.15) is 36.2 Å². The monoisotopic (exact) mass is 312 g/mol. The van der Waals surface area contributed by atoms with Crippen molar-refractivity contribution >= 4 is 16.8 Å². The highest BCUT2D eigenvalue weighted by molar-refractivity contribution is 5.94. The van der Waals surface area contributed by atoms with E-state index in [4.69, 9.17) is 4.74 Å². The third-order valence-electron chi connectivity index (χ3n) is 5.11. The lowest BCUT2D eigenvalue weighted by molar-refractivity contribution is -0.0388. The molecule has 2 aromatic rings. The molecule has 4 rings (SSSR count). The van der Waals surface area contributed by atoms with Crippen molar-refractivity contribution in [2.75, 3.05) is 19.7 Å². The van der Waals surface area contributed by atoms with Crippen molar-refractivity contribution in [2.24, 2.45) is 0 Å². The number of aromatic nitrogens is 1. The minimum absolute atomic E-state index is 0.00638. The molecule has 0 bridgehead atoms. The molecule has 1 N–H and O–H groups in total. The van der Waals surface area contributed by atoms with Gasteiger partial charge in [-0.1, -0.05) is 12.1 Å². The molecule has 5 heteroatoms. The molecule has 3 heterocycles. The average Bonchev–Trinajstić information content (AvgIpc) is 3.03. The van der Waals surface area contributed by atoms with Gasteiger partial charge in [0.1, 0.15) is 5.69 Å². The summed E-state index contributed by atoms with van der Waals surface area (Å²) in [6, 6.07) is 8.69. The Bertz CT molecular complexity index is 795. The minimum atomic E-state index is -0.115. The van der Waals surface area contributed by atoms with Gasteiger partial charge < -0.3 is 14.6 Å². The Morgan fingerprint density at radius 2 is 1.96 bits per heavy atom. The predicted octanol–water partition coefficient (Wildman–Crippen LogP) is 2.31. The number of nitrogens with one attached hydrogen (secondary N) is 1. The fraction of sp³-hybridized carbons (Fsp3) is 0.444. The number of benzene rings is 1. The van der Waals surface area contributed by atoms with E-state index in [-0.39, 0.29) is 16.9 Å². The Hall–Kier alpha value is -2.14. The van der Waals surface area contributed by atoms with Crippen LogP contribution in [0.4, 0.5) is 0 Å². The number of piperidine rings is 1. The Kier molecular flexibility index (Phi) is 3.45. The Labute approximate surface area is 134 Å².